The molecule has 1 aromatic heterocycles. The van der Waals surface area contributed by atoms with Crippen LogP contribution in [0, 0.1) is 6.92 Å². The number of carbonyl (C=O) groups excluding carboxylic acids is 2. The highest BCUT2D eigenvalue weighted by molar-refractivity contribution is 6.46. The summed E-state index contributed by atoms with van der Waals surface area (Å²) in [6.07, 6.45) is 3.09. The number of amides is 1. The van der Waals surface area contributed by atoms with E-state index in [0.717, 1.165) is 24.2 Å². The quantitative estimate of drug-likeness (QED) is 0.465. The zero-order valence-corrected chi connectivity index (χ0v) is 17.0. The SMILES string of the molecule is Cc1ccc(C2/C(=C(\O)c3ccncc3)C(=O)C(=O)N2CCN2CCOCC2)cc1. The molecule has 0 radical (unpaired) electrons. The molecule has 0 aliphatic carbocycles. The molecule has 7 heteroatoms. The lowest BCUT2D eigenvalue weighted by molar-refractivity contribution is -0.140. The molecule has 1 amide bonds. The van der Waals surface area contributed by atoms with Gasteiger partial charge in [0.05, 0.1) is 24.8 Å². The van der Waals surface area contributed by atoms with E-state index >= 15 is 0 Å². The molecule has 30 heavy (non-hydrogen) atoms. The zero-order chi connectivity index (χ0) is 21.1. The summed E-state index contributed by atoms with van der Waals surface area (Å²) in [4.78, 5) is 33.7. The molecule has 0 bridgehead atoms. The summed E-state index contributed by atoms with van der Waals surface area (Å²) in [5.41, 5.74) is 2.47. The number of hydrogen-bond donors (Lipinski definition) is 1. The Bertz CT molecular complexity index is 950. The van der Waals surface area contributed by atoms with E-state index < -0.39 is 17.7 Å². The second kappa shape index (κ2) is 8.77. The van der Waals surface area contributed by atoms with Gasteiger partial charge in [-0.25, -0.2) is 0 Å². The molecule has 1 atom stereocenters. The summed E-state index contributed by atoms with van der Waals surface area (Å²) in [5, 5.41) is 11.0. The van der Waals surface area contributed by atoms with Crippen LogP contribution in [0.3, 0.4) is 0 Å². The van der Waals surface area contributed by atoms with Gasteiger partial charge in [0.25, 0.3) is 11.7 Å². The van der Waals surface area contributed by atoms with E-state index in [4.69, 9.17) is 4.74 Å². The molecule has 2 aromatic rings. The molecule has 0 saturated carbocycles. The van der Waals surface area contributed by atoms with Crippen LogP contribution in [0.25, 0.3) is 5.76 Å². The lowest BCUT2D eigenvalue weighted by atomic mass is 9.95. The number of hydrogen-bond acceptors (Lipinski definition) is 6. The number of aryl methyl sites for hydroxylation is 1. The molecule has 2 aliphatic heterocycles. The van der Waals surface area contributed by atoms with E-state index in [1.807, 2.05) is 31.2 Å². The first-order chi connectivity index (χ1) is 14.6. The second-order valence-corrected chi connectivity index (χ2v) is 7.59. The summed E-state index contributed by atoms with van der Waals surface area (Å²) in [5.74, 6) is -1.41. The van der Waals surface area contributed by atoms with E-state index in [1.54, 1.807) is 29.4 Å². The van der Waals surface area contributed by atoms with Gasteiger partial charge in [-0.05, 0) is 24.6 Å². The molecule has 2 fully saturated rings. The number of carbonyl (C=O) groups is 2. The number of rotatable bonds is 5. The lowest BCUT2D eigenvalue weighted by Crippen LogP contribution is -2.42. The van der Waals surface area contributed by atoms with Gasteiger partial charge >= 0.3 is 0 Å². The molecule has 1 N–H and O–H groups in total. The minimum atomic E-state index is -0.656. The van der Waals surface area contributed by atoms with Crippen LogP contribution in [0.15, 0.2) is 54.4 Å². The van der Waals surface area contributed by atoms with E-state index in [0.29, 0.717) is 31.9 Å². The number of nitrogens with zero attached hydrogens (tertiary/aromatic N) is 3. The number of ketones is 1. The summed E-state index contributed by atoms with van der Waals surface area (Å²) in [6, 6.07) is 10.3. The zero-order valence-electron chi connectivity index (χ0n) is 17.0. The Balaban J connectivity index is 1.72. The summed E-state index contributed by atoms with van der Waals surface area (Å²) in [6.45, 7) is 5.97. The van der Waals surface area contributed by atoms with E-state index in [1.165, 1.54) is 0 Å². The van der Waals surface area contributed by atoms with Gasteiger partial charge in [0.15, 0.2) is 0 Å². The third kappa shape index (κ3) is 3.99. The van der Waals surface area contributed by atoms with Crippen LogP contribution in [0.1, 0.15) is 22.7 Å². The van der Waals surface area contributed by atoms with Gasteiger partial charge in [-0.3, -0.25) is 19.5 Å². The maximum Gasteiger partial charge on any atom is 0.295 e. The Kier molecular flexibility index (Phi) is 5.92. The first-order valence-corrected chi connectivity index (χ1v) is 10.1. The smallest absolute Gasteiger partial charge is 0.295 e. The van der Waals surface area contributed by atoms with Crippen LogP contribution in [0.5, 0.6) is 0 Å². The van der Waals surface area contributed by atoms with Gasteiger partial charge in [-0.2, -0.15) is 0 Å². The lowest BCUT2D eigenvalue weighted by Gasteiger charge is -2.31. The Hall–Kier alpha value is -3.03. The van der Waals surface area contributed by atoms with Gasteiger partial charge in [-0.15, -0.1) is 0 Å². The van der Waals surface area contributed by atoms with Crippen molar-refractivity contribution in [3.63, 3.8) is 0 Å². The fraction of sp³-hybridized carbons (Fsp3) is 0.348. The largest absolute Gasteiger partial charge is 0.507 e. The van der Waals surface area contributed by atoms with Gasteiger partial charge in [-0.1, -0.05) is 29.8 Å². The third-order valence-electron chi connectivity index (χ3n) is 5.65. The average Bonchev–Trinajstić information content (AvgIpc) is 3.04. The van der Waals surface area contributed by atoms with Crippen molar-refractivity contribution in [2.24, 2.45) is 0 Å². The van der Waals surface area contributed by atoms with Gasteiger partial charge in [0, 0.05) is 44.1 Å². The predicted octanol–water partition coefficient (Wildman–Crippen LogP) is 2.14. The van der Waals surface area contributed by atoms with Crippen molar-refractivity contribution in [3.8, 4) is 0 Å². The van der Waals surface area contributed by atoms with E-state index in [2.05, 4.69) is 9.88 Å². The minimum absolute atomic E-state index is 0.122. The van der Waals surface area contributed by atoms with Crippen molar-refractivity contribution in [1.29, 1.82) is 0 Å². The van der Waals surface area contributed by atoms with Crippen molar-refractivity contribution in [2.45, 2.75) is 13.0 Å². The monoisotopic (exact) mass is 407 g/mol. The Morgan fingerprint density at radius 2 is 1.73 bits per heavy atom. The molecule has 3 heterocycles. The molecule has 7 nitrogen and oxygen atoms in total. The maximum atomic E-state index is 13.0. The highest BCUT2D eigenvalue weighted by Gasteiger charge is 2.46. The Labute approximate surface area is 175 Å². The minimum Gasteiger partial charge on any atom is -0.507 e. The number of benzene rings is 1. The third-order valence-corrected chi connectivity index (χ3v) is 5.65. The van der Waals surface area contributed by atoms with Crippen LogP contribution in [-0.2, 0) is 14.3 Å². The average molecular weight is 407 g/mol. The summed E-state index contributed by atoms with van der Waals surface area (Å²) in [7, 11) is 0. The number of aliphatic hydroxyl groups excluding tert-OH is 1. The fourth-order valence-electron chi connectivity index (χ4n) is 3.95. The van der Waals surface area contributed by atoms with Crippen LogP contribution >= 0.6 is 0 Å². The van der Waals surface area contributed by atoms with Gasteiger partial charge in [0.1, 0.15) is 5.76 Å². The van der Waals surface area contributed by atoms with Crippen molar-refractivity contribution >= 4 is 17.4 Å². The topological polar surface area (TPSA) is 83.0 Å². The number of Topliss-reactive ketones (excluding diaryl/α,β-unsaturated/α-hetero) is 1. The van der Waals surface area contributed by atoms with Crippen molar-refractivity contribution in [2.75, 3.05) is 39.4 Å². The summed E-state index contributed by atoms with van der Waals surface area (Å²) < 4.78 is 5.39. The van der Waals surface area contributed by atoms with Gasteiger partial charge in [0.2, 0.25) is 0 Å². The molecule has 1 aromatic carbocycles. The number of ether oxygens (including phenoxy) is 1. The predicted molar refractivity (Wildman–Crippen MR) is 112 cm³/mol. The first-order valence-electron chi connectivity index (χ1n) is 10.1. The standard InChI is InChI=1S/C23H25N3O4/c1-16-2-4-17(5-3-16)20-19(21(27)18-6-8-24-9-7-18)22(28)23(29)26(20)11-10-25-12-14-30-15-13-25/h2-9,20,27H,10-15H2,1H3/b21-19+. The fourth-order valence-corrected chi connectivity index (χ4v) is 3.95. The molecule has 4 rings (SSSR count). The molecule has 1 unspecified atom stereocenters. The van der Waals surface area contributed by atoms with Crippen molar-refractivity contribution in [3.05, 3.63) is 71.1 Å². The number of pyridine rings is 1. The second-order valence-electron chi connectivity index (χ2n) is 7.59. The molecular weight excluding hydrogens is 382 g/mol. The molecule has 2 saturated heterocycles. The van der Waals surface area contributed by atoms with Crippen LogP contribution in [0.2, 0.25) is 0 Å². The Morgan fingerprint density at radius 1 is 1.07 bits per heavy atom. The summed E-state index contributed by atoms with van der Waals surface area (Å²) >= 11 is 0. The van der Waals surface area contributed by atoms with Crippen LogP contribution < -0.4 is 0 Å². The Morgan fingerprint density at radius 3 is 2.40 bits per heavy atom. The first kappa shape index (κ1) is 20.3. The number of aromatic nitrogens is 1. The molecular formula is C23H25N3O4. The highest BCUT2D eigenvalue weighted by atomic mass is 16.5. The highest BCUT2D eigenvalue weighted by Crippen LogP contribution is 2.39. The van der Waals surface area contributed by atoms with E-state index in [9.17, 15) is 14.7 Å². The molecule has 156 valence electrons. The normalized spacial score (nSPS) is 21.9. The van der Waals surface area contributed by atoms with Gasteiger partial charge < -0.3 is 14.7 Å². The van der Waals surface area contributed by atoms with E-state index in [-0.39, 0.29) is 11.3 Å². The van der Waals surface area contributed by atoms with Crippen molar-refractivity contribution < 1.29 is 19.4 Å². The molecule has 0 spiro atoms. The van der Waals surface area contributed by atoms with Crippen LogP contribution in [0.4, 0.5) is 0 Å². The maximum absolute atomic E-state index is 13.0. The number of morpholine rings is 1. The number of likely N-dealkylation sites (tertiary alicyclic amines) is 1. The van der Waals surface area contributed by atoms with Crippen LogP contribution in [-0.4, -0.2) is 71.0 Å². The molecule has 2 aliphatic rings. The van der Waals surface area contributed by atoms with Crippen molar-refractivity contribution in [1.82, 2.24) is 14.8 Å². The number of aliphatic hydroxyl groups is 1.